The number of sulfonamides is 1. The van der Waals surface area contributed by atoms with Crippen LogP contribution in [0.3, 0.4) is 0 Å². The fourth-order valence-corrected chi connectivity index (χ4v) is 4.26. The van der Waals surface area contributed by atoms with Crippen LogP contribution in [0.1, 0.15) is 32.8 Å². The number of carbonyl (C=O) groups excluding carboxylic acids is 2. The number of benzene rings is 2. The van der Waals surface area contributed by atoms with Crippen LogP contribution >= 0.6 is 22.6 Å². The summed E-state index contributed by atoms with van der Waals surface area (Å²) in [6, 6.07) is 15.4. The third-order valence-corrected chi connectivity index (χ3v) is 7.02. The Balaban J connectivity index is 2.34. The van der Waals surface area contributed by atoms with Crippen molar-refractivity contribution in [1.29, 1.82) is 0 Å². The molecule has 0 saturated carbocycles. The zero-order chi connectivity index (χ0) is 23.9. The van der Waals surface area contributed by atoms with Gasteiger partial charge in [0, 0.05) is 16.2 Å². The molecule has 2 amide bonds. The highest BCUT2D eigenvalue weighted by atomic mass is 127. The molecule has 0 aliphatic rings. The summed E-state index contributed by atoms with van der Waals surface area (Å²) in [6.07, 6.45) is 1.83. The second kappa shape index (κ2) is 11.6. The Kier molecular flexibility index (Phi) is 9.50. The number of halogens is 1. The average molecular weight is 571 g/mol. The lowest BCUT2D eigenvalue weighted by molar-refractivity contribution is -0.139. The van der Waals surface area contributed by atoms with Crippen LogP contribution in [0.15, 0.2) is 54.6 Å². The van der Waals surface area contributed by atoms with Gasteiger partial charge in [-0.05, 0) is 72.7 Å². The van der Waals surface area contributed by atoms with E-state index in [9.17, 15) is 18.0 Å². The van der Waals surface area contributed by atoms with E-state index >= 15 is 0 Å². The van der Waals surface area contributed by atoms with Crippen molar-refractivity contribution in [2.75, 3.05) is 17.1 Å². The Labute approximate surface area is 204 Å². The maximum atomic E-state index is 13.4. The van der Waals surface area contributed by atoms with Crippen molar-refractivity contribution in [3.63, 3.8) is 0 Å². The van der Waals surface area contributed by atoms with Crippen LogP contribution in [0.5, 0.6) is 0 Å². The first-order valence-electron chi connectivity index (χ1n) is 10.4. The van der Waals surface area contributed by atoms with Crippen LogP contribution in [-0.2, 0) is 26.2 Å². The van der Waals surface area contributed by atoms with Gasteiger partial charge in [-0.3, -0.25) is 13.9 Å². The van der Waals surface area contributed by atoms with Gasteiger partial charge in [-0.15, -0.1) is 0 Å². The van der Waals surface area contributed by atoms with Crippen molar-refractivity contribution >= 4 is 50.1 Å². The fraction of sp³-hybridized carbons (Fsp3) is 0.391. The van der Waals surface area contributed by atoms with E-state index in [-0.39, 0.29) is 18.5 Å². The molecule has 0 saturated heterocycles. The molecule has 0 unspecified atom stereocenters. The Morgan fingerprint density at radius 2 is 1.62 bits per heavy atom. The van der Waals surface area contributed by atoms with Crippen LogP contribution in [0, 0.1) is 3.57 Å². The van der Waals surface area contributed by atoms with E-state index in [4.69, 9.17) is 0 Å². The molecule has 0 fully saturated rings. The average Bonchev–Trinajstić information content (AvgIpc) is 2.75. The summed E-state index contributed by atoms with van der Waals surface area (Å²) in [5, 5.41) is 2.91. The second-order valence-electron chi connectivity index (χ2n) is 7.75. The second-order valence-corrected chi connectivity index (χ2v) is 10.9. The predicted octanol–water partition coefficient (Wildman–Crippen LogP) is 3.39. The van der Waals surface area contributed by atoms with Gasteiger partial charge >= 0.3 is 0 Å². The fourth-order valence-electron chi connectivity index (χ4n) is 3.05. The molecule has 1 N–H and O–H groups in total. The number of hydrogen-bond acceptors (Lipinski definition) is 4. The summed E-state index contributed by atoms with van der Waals surface area (Å²) in [7, 11) is -3.72. The molecule has 9 heteroatoms. The van der Waals surface area contributed by atoms with E-state index in [1.165, 1.54) is 4.90 Å². The predicted molar refractivity (Wildman–Crippen MR) is 136 cm³/mol. The molecule has 2 atom stereocenters. The molecule has 0 spiro atoms. The van der Waals surface area contributed by atoms with Gasteiger partial charge in [0.2, 0.25) is 21.8 Å². The lowest BCUT2D eigenvalue weighted by atomic mass is 10.1. The first kappa shape index (κ1) is 26.1. The van der Waals surface area contributed by atoms with Gasteiger partial charge in [0.15, 0.2) is 0 Å². The van der Waals surface area contributed by atoms with Crippen molar-refractivity contribution in [1.82, 2.24) is 10.2 Å². The molecule has 0 radical (unpaired) electrons. The zero-order valence-corrected chi connectivity index (χ0v) is 21.8. The van der Waals surface area contributed by atoms with E-state index in [0.717, 1.165) is 26.1 Å². The third kappa shape index (κ3) is 7.47. The summed E-state index contributed by atoms with van der Waals surface area (Å²) in [5.41, 5.74) is 1.25. The van der Waals surface area contributed by atoms with E-state index in [1.54, 1.807) is 31.2 Å². The number of rotatable bonds is 10. The lowest BCUT2D eigenvalue weighted by Gasteiger charge is -2.32. The van der Waals surface area contributed by atoms with Crippen LogP contribution < -0.4 is 9.62 Å². The highest BCUT2D eigenvalue weighted by molar-refractivity contribution is 14.1. The van der Waals surface area contributed by atoms with Crippen LogP contribution in [-0.4, -0.2) is 50.0 Å². The minimum absolute atomic E-state index is 0.0297. The Morgan fingerprint density at radius 1 is 1.03 bits per heavy atom. The zero-order valence-electron chi connectivity index (χ0n) is 18.8. The summed E-state index contributed by atoms with van der Waals surface area (Å²) >= 11 is 2.13. The molecule has 0 aliphatic carbocycles. The number of nitrogens with one attached hydrogen (secondary N) is 1. The van der Waals surface area contributed by atoms with Crippen molar-refractivity contribution in [2.24, 2.45) is 0 Å². The van der Waals surface area contributed by atoms with Gasteiger partial charge in [-0.2, -0.15) is 0 Å². The molecule has 7 nitrogen and oxygen atoms in total. The van der Waals surface area contributed by atoms with E-state index in [1.807, 2.05) is 44.2 Å². The number of anilines is 1. The molecule has 2 rings (SSSR count). The van der Waals surface area contributed by atoms with Crippen LogP contribution in [0.2, 0.25) is 0 Å². The van der Waals surface area contributed by atoms with Crippen molar-refractivity contribution < 1.29 is 18.0 Å². The summed E-state index contributed by atoms with van der Waals surface area (Å²) < 4.78 is 27.0. The Bertz CT molecular complexity index is 1010. The first-order valence-corrected chi connectivity index (χ1v) is 13.3. The van der Waals surface area contributed by atoms with E-state index in [2.05, 4.69) is 27.9 Å². The minimum atomic E-state index is -3.72. The van der Waals surface area contributed by atoms with E-state index < -0.39 is 28.5 Å². The molecule has 0 aromatic heterocycles. The molecule has 0 heterocycles. The molecule has 32 heavy (non-hydrogen) atoms. The monoisotopic (exact) mass is 571 g/mol. The van der Waals surface area contributed by atoms with Gasteiger partial charge < -0.3 is 10.2 Å². The van der Waals surface area contributed by atoms with Crippen LogP contribution in [0.4, 0.5) is 5.69 Å². The quantitative estimate of drug-likeness (QED) is 0.443. The topological polar surface area (TPSA) is 86.8 Å². The van der Waals surface area contributed by atoms with Gasteiger partial charge in [0.25, 0.3) is 0 Å². The molecule has 2 aromatic carbocycles. The lowest BCUT2D eigenvalue weighted by Crippen LogP contribution is -2.52. The van der Waals surface area contributed by atoms with Crippen molar-refractivity contribution in [3.8, 4) is 0 Å². The van der Waals surface area contributed by atoms with Crippen molar-refractivity contribution in [2.45, 2.75) is 45.8 Å². The molecular formula is C23H30IN3O4S. The first-order chi connectivity index (χ1) is 15.0. The number of carbonyl (C=O) groups is 2. The number of nitrogens with zero attached hydrogens (tertiary/aromatic N) is 2. The van der Waals surface area contributed by atoms with E-state index in [0.29, 0.717) is 5.69 Å². The highest BCUT2D eigenvalue weighted by Gasteiger charge is 2.30. The maximum absolute atomic E-state index is 13.4. The molecule has 174 valence electrons. The van der Waals surface area contributed by atoms with Crippen molar-refractivity contribution in [3.05, 3.63) is 63.7 Å². The minimum Gasteiger partial charge on any atom is -0.352 e. The maximum Gasteiger partial charge on any atom is 0.244 e. The largest absolute Gasteiger partial charge is 0.352 e. The molecular weight excluding hydrogens is 541 g/mol. The summed E-state index contributed by atoms with van der Waals surface area (Å²) in [5.74, 6) is -0.728. The molecule has 0 aliphatic heterocycles. The standard InChI is InChI=1S/C23H30IN3O4S/c1-5-17(2)25-23(29)18(3)26(15-19-9-7-6-8-10-19)22(28)16-27(32(4,30)31)21-13-11-20(24)12-14-21/h6-14,17-18H,5,15-16H2,1-4H3,(H,25,29)/t17-,18+/m0/s1. The normalized spacial score (nSPS) is 13.2. The van der Waals surface area contributed by atoms with Gasteiger partial charge in [-0.25, -0.2) is 8.42 Å². The summed E-state index contributed by atoms with van der Waals surface area (Å²) in [4.78, 5) is 27.6. The smallest absolute Gasteiger partial charge is 0.244 e. The van der Waals surface area contributed by atoms with Gasteiger partial charge in [0.05, 0.1) is 11.9 Å². The SMILES string of the molecule is CC[C@H](C)NC(=O)[C@@H](C)N(Cc1ccccc1)C(=O)CN(c1ccc(I)cc1)S(C)(=O)=O. The summed E-state index contributed by atoms with van der Waals surface area (Å²) in [6.45, 7) is 5.32. The highest BCUT2D eigenvalue weighted by Crippen LogP contribution is 2.20. The van der Waals surface area contributed by atoms with Gasteiger partial charge in [0.1, 0.15) is 12.6 Å². The molecule has 0 bridgehead atoms. The third-order valence-electron chi connectivity index (χ3n) is 5.16. The Morgan fingerprint density at radius 3 is 2.16 bits per heavy atom. The Hall–Kier alpha value is -2.14. The van der Waals surface area contributed by atoms with Gasteiger partial charge in [-0.1, -0.05) is 37.3 Å². The van der Waals surface area contributed by atoms with Crippen LogP contribution in [0.25, 0.3) is 0 Å². The molecule has 2 aromatic rings. The number of hydrogen-bond donors (Lipinski definition) is 1. The number of amides is 2.